The third-order valence-electron chi connectivity index (χ3n) is 2.45. The number of carbonyl (C=O) groups is 3. The monoisotopic (exact) mass is 260 g/mol. The first kappa shape index (κ1) is 13.8. The number of hydrogen-bond acceptors (Lipinski definition) is 4. The number of unbranched alkanes of at least 4 members (excludes halogenated alkanes) is 1. The van der Waals surface area contributed by atoms with Crippen LogP contribution in [0.2, 0.25) is 0 Å². The Labute approximate surface area is 104 Å². The third-order valence-corrected chi connectivity index (χ3v) is 3.33. The molecule has 0 radical (unpaired) electrons. The Hall–Kier alpha value is -1.24. The lowest BCUT2D eigenvalue weighted by Gasteiger charge is -2.16. The summed E-state index contributed by atoms with van der Waals surface area (Å²) in [6.45, 7) is 1.95. The van der Waals surface area contributed by atoms with Crippen molar-refractivity contribution in [2.75, 3.05) is 5.75 Å². The molecule has 0 aromatic carbocycles. The molecule has 2 atom stereocenters. The maximum absolute atomic E-state index is 11.7. The van der Waals surface area contributed by atoms with E-state index in [0.29, 0.717) is 12.2 Å². The Morgan fingerprint density at radius 1 is 1.65 bits per heavy atom. The molecule has 6 nitrogen and oxygen atoms in total. The molecular formula is C10H16N2O4S. The van der Waals surface area contributed by atoms with Crippen LogP contribution in [-0.4, -0.2) is 40.1 Å². The van der Waals surface area contributed by atoms with E-state index in [4.69, 9.17) is 5.11 Å². The summed E-state index contributed by atoms with van der Waals surface area (Å²) in [6.07, 6.45) is 2.02. The summed E-state index contributed by atoms with van der Waals surface area (Å²) < 4.78 is 0. The van der Waals surface area contributed by atoms with Crippen LogP contribution in [0.4, 0.5) is 4.79 Å². The molecule has 0 spiro atoms. The van der Waals surface area contributed by atoms with Crippen molar-refractivity contribution in [3.05, 3.63) is 0 Å². The topological polar surface area (TPSA) is 95.5 Å². The fraction of sp³-hybridized carbons (Fsp3) is 0.700. The number of aliphatic carboxylic acids is 1. The van der Waals surface area contributed by atoms with Gasteiger partial charge in [-0.15, -0.1) is 0 Å². The van der Waals surface area contributed by atoms with Crippen molar-refractivity contribution in [2.24, 2.45) is 0 Å². The zero-order valence-electron chi connectivity index (χ0n) is 9.56. The van der Waals surface area contributed by atoms with Crippen molar-refractivity contribution < 1.29 is 19.5 Å². The summed E-state index contributed by atoms with van der Waals surface area (Å²) in [5.41, 5.74) is 0. The van der Waals surface area contributed by atoms with E-state index in [9.17, 15) is 14.4 Å². The van der Waals surface area contributed by atoms with E-state index < -0.39 is 24.0 Å². The Balaban J connectivity index is 2.46. The van der Waals surface area contributed by atoms with Crippen LogP contribution in [0.1, 0.15) is 26.2 Å². The molecule has 2 amide bonds. The van der Waals surface area contributed by atoms with Gasteiger partial charge in [-0.3, -0.25) is 9.59 Å². The first-order valence-electron chi connectivity index (χ1n) is 5.51. The van der Waals surface area contributed by atoms with Crippen LogP contribution in [-0.2, 0) is 9.59 Å². The van der Waals surface area contributed by atoms with E-state index in [1.807, 2.05) is 6.92 Å². The van der Waals surface area contributed by atoms with E-state index >= 15 is 0 Å². The quantitative estimate of drug-likeness (QED) is 0.649. The normalized spacial score (nSPS) is 20.8. The lowest BCUT2D eigenvalue weighted by Crippen LogP contribution is -2.49. The molecule has 1 rings (SSSR count). The number of amides is 2. The first-order chi connectivity index (χ1) is 8.04. The number of carboxylic acids is 1. The Morgan fingerprint density at radius 3 is 2.82 bits per heavy atom. The van der Waals surface area contributed by atoms with E-state index in [-0.39, 0.29) is 5.24 Å². The second-order valence-electron chi connectivity index (χ2n) is 3.84. The Morgan fingerprint density at radius 2 is 2.35 bits per heavy atom. The molecule has 1 saturated heterocycles. The van der Waals surface area contributed by atoms with Gasteiger partial charge in [-0.05, 0) is 6.42 Å². The number of rotatable bonds is 6. The van der Waals surface area contributed by atoms with Crippen LogP contribution < -0.4 is 10.6 Å². The van der Waals surface area contributed by atoms with Gasteiger partial charge >= 0.3 is 5.97 Å². The van der Waals surface area contributed by atoms with Crippen LogP contribution in [0.25, 0.3) is 0 Å². The highest BCUT2D eigenvalue weighted by atomic mass is 32.2. The third kappa shape index (κ3) is 4.26. The molecule has 17 heavy (non-hydrogen) atoms. The van der Waals surface area contributed by atoms with Crippen LogP contribution in [0.3, 0.4) is 0 Å². The van der Waals surface area contributed by atoms with Crippen molar-refractivity contribution in [2.45, 2.75) is 38.3 Å². The lowest BCUT2D eigenvalue weighted by molar-refractivity contribution is -0.142. The van der Waals surface area contributed by atoms with Gasteiger partial charge < -0.3 is 15.7 Å². The van der Waals surface area contributed by atoms with E-state index in [1.54, 1.807) is 0 Å². The maximum atomic E-state index is 11.7. The summed E-state index contributed by atoms with van der Waals surface area (Å²) in [5, 5.41) is 13.6. The van der Waals surface area contributed by atoms with Gasteiger partial charge in [-0.2, -0.15) is 0 Å². The van der Waals surface area contributed by atoms with Crippen molar-refractivity contribution in [3.63, 3.8) is 0 Å². The molecule has 1 aliphatic heterocycles. The summed E-state index contributed by atoms with van der Waals surface area (Å²) in [4.78, 5) is 33.5. The van der Waals surface area contributed by atoms with Gasteiger partial charge in [0.1, 0.15) is 12.1 Å². The SMILES string of the molecule is CCCCC(NC(=O)[C@@H]1CSC(=O)N1)C(=O)O. The zero-order valence-corrected chi connectivity index (χ0v) is 10.4. The maximum Gasteiger partial charge on any atom is 0.326 e. The van der Waals surface area contributed by atoms with Crippen LogP contribution in [0.15, 0.2) is 0 Å². The predicted molar refractivity (Wildman–Crippen MR) is 63.9 cm³/mol. The van der Waals surface area contributed by atoms with Crippen LogP contribution >= 0.6 is 11.8 Å². The molecule has 1 unspecified atom stereocenters. The summed E-state index contributed by atoms with van der Waals surface area (Å²) >= 11 is 1.03. The van der Waals surface area contributed by atoms with E-state index in [2.05, 4.69) is 10.6 Å². The minimum absolute atomic E-state index is 0.245. The number of thioether (sulfide) groups is 1. The average Bonchev–Trinajstić information content (AvgIpc) is 2.70. The van der Waals surface area contributed by atoms with Gasteiger partial charge in [0.2, 0.25) is 5.91 Å². The lowest BCUT2D eigenvalue weighted by atomic mass is 10.1. The smallest absolute Gasteiger partial charge is 0.326 e. The highest BCUT2D eigenvalue weighted by molar-refractivity contribution is 8.14. The minimum atomic E-state index is -1.04. The van der Waals surface area contributed by atoms with Gasteiger partial charge in [-0.25, -0.2) is 4.79 Å². The van der Waals surface area contributed by atoms with Crippen molar-refractivity contribution in [1.29, 1.82) is 0 Å². The molecule has 1 aliphatic rings. The fourth-order valence-corrected chi connectivity index (χ4v) is 2.24. The molecule has 0 saturated carbocycles. The molecule has 7 heteroatoms. The summed E-state index contributed by atoms with van der Waals surface area (Å²) in [7, 11) is 0. The molecule has 0 bridgehead atoms. The summed E-state index contributed by atoms with van der Waals surface area (Å²) in [5.74, 6) is -1.11. The predicted octanol–water partition coefficient (Wildman–Crippen LogP) is 0.571. The second-order valence-corrected chi connectivity index (χ2v) is 4.83. The molecule has 1 fully saturated rings. The molecule has 0 aromatic rings. The van der Waals surface area contributed by atoms with Crippen molar-refractivity contribution >= 4 is 28.9 Å². The van der Waals surface area contributed by atoms with Crippen LogP contribution in [0.5, 0.6) is 0 Å². The first-order valence-corrected chi connectivity index (χ1v) is 6.49. The fourth-order valence-electron chi connectivity index (χ4n) is 1.46. The van der Waals surface area contributed by atoms with E-state index in [0.717, 1.165) is 24.6 Å². The highest BCUT2D eigenvalue weighted by Gasteiger charge is 2.30. The van der Waals surface area contributed by atoms with Gasteiger partial charge in [-0.1, -0.05) is 31.5 Å². The Bertz CT molecular complexity index is 321. The summed E-state index contributed by atoms with van der Waals surface area (Å²) in [6, 6.07) is -1.49. The zero-order chi connectivity index (χ0) is 12.8. The number of carbonyl (C=O) groups excluding carboxylic acids is 2. The highest BCUT2D eigenvalue weighted by Crippen LogP contribution is 2.13. The minimum Gasteiger partial charge on any atom is -0.480 e. The van der Waals surface area contributed by atoms with Crippen molar-refractivity contribution in [1.82, 2.24) is 10.6 Å². The van der Waals surface area contributed by atoms with Crippen molar-refractivity contribution in [3.8, 4) is 0 Å². The molecule has 0 aromatic heterocycles. The number of carboxylic acid groups (broad SMARTS) is 1. The van der Waals surface area contributed by atoms with Crippen LogP contribution in [0, 0.1) is 0 Å². The largest absolute Gasteiger partial charge is 0.480 e. The second kappa shape index (κ2) is 6.48. The molecule has 96 valence electrons. The van der Waals surface area contributed by atoms with Gasteiger partial charge in [0.05, 0.1) is 0 Å². The van der Waals surface area contributed by atoms with Gasteiger partial charge in [0, 0.05) is 5.75 Å². The van der Waals surface area contributed by atoms with Gasteiger partial charge in [0.15, 0.2) is 0 Å². The molecule has 1 heterocycles. The van der Waals surface area contributed by atoms with Gasteiger partial charge in [0.25, 0.3) is 5.24 Å². The number of hydrogen-bond donors (Lipinski definition) is 3. The molecule has 0 aliphatic carbocycles. The van der Waals surface area contributed by atoms with E-state index in [1.165, 1.54) is 0 Å². The number of nitrogens with one attached hydrogen (secondary N) is 2. The average molecular weight is 260 g/mol. The molecular weight excluding hydrogens is 244 g/mol. The molecule has 3 N–H and O–H groups in total. The standard InChI is InChI=1S/C10H16N2O4S/c1-2-3-4-6(9(14)15)11-8(13)7-5-17-10(16)12-7/h6-7H,2-5H2,1H3,(H,11,13)(H,12,16)(H,14,15)/t6?,7-/m0/s1. The Kier molecular flexibility index (Phi) is 5.27.